The third-order valence-corrected chi connectivity index (χ3v) is 3.79. The fraction of sp³-hybridized carbons (Fsp3) is 0.235. The molecular formula is C17H17NO2. The minimum atomic E-state index is -0.106. The zero-order valence-corrected chi connectivity index (χ0v) is 11.6. The van der Waals surface area contributed by atoms with E-state index in [9.17, 15) is 4.79 Å². The average Bonchev–Trinajstić information content (AvgIpc) is 2.75. The van der Waals surface area contributed by atoms with Crippen molar-refractivity contribution in [1.82, 2.24) is 0 Å². The van der Waals surface area contributed by atoms with Gasteiger partial charge in [0.25, 0.3) is 0 Å². The van der Waals surface area contributed by atoms with Gasteiger partial charge in [0.05, 0.1) is 5.92 Å². The van der Waals surface area contributed by atoms with Crippen molar-refractivity contribution in [3.63, 3.8) is 0 Å². The maximum atomic E-state index is 11.7. The number of hydrogen-bond donors (Lipinski definition) is 1. The fourth-order valence-electron chi connectivity index (χ4n) is 2.64. The Morgan fingerprint density at radius 2 is 1.90 bits per heavy atom. The van der Waals surface area contributed by atoms with E-state index in [0.717, 1.165) is 28.1 Å². The molecule has 1 amide bonds. The molecule has 3 heteroatoms. The van der Waals surface area contributed by atoms with E-state index in [1.165, 1.54) is 0 Å². The topological polar surface area (TPSA) is 38.3 Å². The zero-order valence-electron chi connectivity index (χ0n) is 11.6. The van der Waals surface area contributed by atoms with Crippen molar-refractivity contribution in [2.45, 2.75) is 26.4 Å². The van der Waals surface area contributed by atoms with Crippen molar-refractivity contribution in [3.8, 4) is 5.75 Å². The van der Waals surface area contributed by atoms with Crippen LogP contribution in [-0.2, 0) is 11.4 Å². The predicted molar refractivity (Wildman–Crippen MR) is 79.0 cm³/mol. The predicted octanol–water partition coefficient (Wildman–Crippen LogP) is 3.63. The second-order valence-corrected chi connectivity index (χ2v) is 5.14. The van der Waals surface area contributed by atoms with Crippen LogP contribution >= 0.6 is 0 Å². The summed E-state index contributed by atoms with van der Waals surface area (Å²) in [5, 5.41) is 2.89. The number of fused-ring (bicyclic) bond motifs is 1. The maximum absolute atomic E-state index is 11.7. The highest BCUT2D eigenvalue weighted by Gasteiger charge is 2.29. The lowest BCUT2D eigenvalue weighted by atomic mass is 9.97. The van der Waals surface area contributed by atoms with Crippen molar-refractivity contribution in [3.05, 3.63) is 59.2 Å². The first kappa shape index (κ1) is 12.7. The van der Waals surface area contributed by atoms with Crippen LogP contribution in [0.4, 0.5) is 5.69 Å². The Morgan fingerprint density at radius 3 is 2.65 bits per heavy atom. The van der Waals surface area contributed by atoms with Gasteiger partial charge in [0, 0.05) is 5.69 Å². The Labute approximate surface area is 118 Å². The minimum absolute atomic E-state index is 0.0586. The molecule has 1 atom stereocenters. The number of anilines is 1. The Hall–Kier alpha value is -2.29. The third-order valence-electron chi connectivity index (χ3n) is 3.79. The number of carbonyl (C=O) groups is 1. The smallest absolute Gasteiger partial charge is 0.231 e. The molecule has 1 unspecified atom stereocenters. The molecule has 2 aromatic rings. The largest absolute Gasteiger partial charge is 0.489 e. The normalized spacial score (nSPS) is 16.7. The summed E-state index contributed by atoms with van der Waals surface area (Å²) < 4.78 is 5.89. The lowest BCUT2D eigenvalue weighted by molar-refractivity contribution is -0.116. The van der Waals surface area contributed by atoms with Gasteiger partial charge < -0.3 is 10.1 Å². The summed E-state index contributed by atoms with van der Waals surface area (Å²) in [5.74, 6) is 0.796. The molecule has 0 spiro atoms. The molecule has 0 fully saturated rings. The Bertz CT molecular complexity index is 650. The highest BCUT2D eigenvalue weighted by molar-refractivity contribution is 6.03. The van der Waals surface area contributed by atoms with E-state index in [0.29, 0.717) is 6.61 Å². The van der Waals surface area contributed by atoms with Crippen LogP contribution in [0.3, 0.4) is 0 Å². The van der Waals surface area contributed by atoms with E-state index < -0.39 is 0 Å². The van der Waals surface area contributed by atoms with E-state index >= 15 is 0 Å². The van der Waals surface area contributed by atoms with E-state index in [1.54, 1.807) is 0 Å². The highest BCUT2D eigenvalue weighted by atomic mass is 16.5. The summed E-state index contributed by atoms with van der Waals surface area (Å²) in [6.45, 7) is 4.47. The van der Waals surface area contributed by atoms with Crippen LogP contribution in [0.15, 0.2) is 42.5 Å². The van der Waals surface area contributed by atoms with Gasteiger partial charge in [-0.2, -0.15) is 0 Å². The second-order valence-electron chi connectivity index (χ2n) is 5.14. The molecular weight excluding hydrogens is 250 g/mol. The van der Waals surface area contributed by atoms with Crippen LogP contribution in [-0.4, -0.2) is 5.91 Å². The lowest BCUT2D eigenvalue weighted by Gasteiger charge is -2.13. The van der Waals surface area contributed by atoms with Gasteiger partial charge in [-0.3, -0.25) is 4.79 Å². The van der Waals surface area contributed by atoms with E-state index in [1.807, 2.05) is 56.3 Å². The number of rotatable bonds is 3. The summed E-state index contributed by atoms with van der Waals surface area (Å²) >= 11 is 0. The molecule has 2 aromatic carbocycles. The van der Waals surface area contributed by atoms with Crippen LogP contribution in [0.25, 0.3) is 0 Å². The molecule has 1 aliphatic heterocycles. The lowest BCUT2D eigenvalue weighted by Crippen LogP contribution is -2.08. The van der Waals surface area contributed by atoms with Crippen LogP contribution in [0, 0.1) is 6.92 Å². The third kappa shape index (κ3) is 2.16. The first-order valence-electron chi connectivity index (χ1n) is 6.78. The van der Waals surface area contributed by atoms with Crippen LogP contribution in [0.5, 0.6) is 5.75 Å². The molecule has 0 bridgehead atoms. The van der Waals surface area contributed by atoms with Gasteiger partial charge in [-0.05, 0) is 42.7 Å². The number of hydrogen-bond acceptors (Lipinski definition) is 2. The van der Waals surface area contributed by atoms with E-state index in [-0.39, 0.29) is 11.8 Å². The average molecular weight is 267 g/mol. The van der Waals surface area contributed by atoms with Crippen LogP contribution in [0.1, 0.15) is 29.5 Å². The molecule has 1 heterocycles. The Morgan fingerprint density at radius 1 is 1.15 bits per heavy atom. The van der Waals surface area contributed by atoms with Gasteiger partial charge in [0.2, 0.25) is 5.91 Å². The van der Waals surface area contributed by atoms with E-state index in [2.05, 4.69) is 5.32 Å². The molecule has 0 aliphatic carbocycles. The summed E-state index contributed by atoms with van der Waals surface area (Å²) in [5.41, 5.74) is 4.14. The molecule has 102 valence electrons. The van der Waals surface area contributed by atoms with Crippen molar-refractivity contribution in [2.75, 3.05) is 5.32 Å². The Balaban J connectivity index is 1.84. The first-order valence-corrected chi connectivity index (χ1v) is 6.78. The van der Waals surface area contributed by atoms with Crippen molar-refractivity contribution in [2.24, 2.45) is 0 Å². The molecule has 0 aromatic heterocycles. The van der Waals surface area contributed by atoms with Gasteiger partial charge in [0.15, 0.2) is 0 Å². The summed E-state index contributed by atoms with van der Waals surface area (Å²) in [7, 11) is 0. The zero-order chi connectivity index (χ0) is 14.1. The fourth-order valence-corrected chi connectivity index (χ4v) is 2.64. The molecule has 0 radical (unpaired) electrons. The maximum Gasteiger partial charge on any atom is 0.231 e. The quantitative estimate of drug-likeness (QED) is 0.922. The van der Waals surface area contributed by atoms with Crippen LogP contribution in [0.2, 0.25) is 0 Å². The van der Waals surface area contributed by atoms with Crippen molar-refractivity contribution in [1.29, 1.82) is 0 Å². The monoisotopic (exact) mass is 267 g/mol. The van der Waals surface area contributed by atoms with Gasteiger partial charge in [-0.25, -0.2) is 0 Å². The van der Waals surface area contributed by atoms with E-state index in [4.69, 9.17) is 4.74 Å². The number of amides is 1. The molecule has 0 saturated heterocycles. The van der Waals surface area contributed by atoms with Gasteiger partial charge in [0.1, 0.15) is 12.4 Å². The van der Waals surface area contributed by atoms with Crippen molar-refractivity contribution >= 4 is 11.6 Å². The van der Waals surface area contributed by atoms with Crippen molar-refractivity contribution < 1.29 is 9.53 Å². The molecule has 0 saturated carbocycles. The minimum Gasteiger partial charge on any atom is -0.489 e. The van der Waals surface area contributed by atoms with Gasteiger partial charge >= 0.3 is 0 Å². The second kappa shape index (κ2) is 5.00. The summed E-state index contributed by atoms with van der Waals surface area (Å²) in [6, 6.07) is 13.9. The molecule has 1 aliphatic rings. The van der Waals surface area contributed by atoms with Crippen LogP contribution < -0.4 is 10.1 Å². The number of benzene rings is 2. The summed E-state index contributed by atoms with van der Waals surface area (Å²) in [6.07, 6.45) is 0. The van der Waals surface area contributed by atoms with Gasteiger partial charge in [-0.15, -0.1) is 0 Å². The molecule has 3 rings (SSSR count). The highest BCUT2D eigenvalue weighted by Crippen LogP contribution is 2.38. The standard InChI is InChI=1S/C17H17NO2/c1-11-15(20-10-13-6-4-3-5-7-13)9-8-14-16(11)12(2)17(19)18-14/h3-9,12H,10H2,1-2H3,(H,18,19). The van der Waals surface area contributed by atoms with Gasteiger partial charge in [-0.1, -0.05) is 30.3 Å². The number of ether oxygens (including phenoxy) is 1. The number of carbonyl (C=O) groups excluding carboxylic acids is 1. The first-order chi connectivity index (χ1) is 9.66. The molecule has 3 nitrogen and oxygen atoms in total. The summed E-state index contributed by atoms with van der Waals surface area (Å²) in [4.78, 5) is 11.7. The number of nitrogens with one attached hydrogen (secondary N) is 1. The SMILES string of the molecule is Cc1c(OCc2ccccc2)ccc2c1C(C)C(=O)N2. The molecule has 20 heavy (non-hydrogen) atoms. The molecule has 1 N–H and O–H groups in total. The Kier molecular flexibility index (Phi) is 3.18.